The van der Waals surface area contributed by atoms with Gasteiger partial charge in [-0.2, -0.15) is 0 Å². The van der Waals surface area contributed by atoms with Crippen LogP contribution in [0.4, 0.5) is 4.79 Å². The lowest BCUT2D eigenvalue weighted by Crippen LogP contribution is -2.47. The zero-order chi connectivity index (χ0) is 15.5. The van der Waals surface area contributed by atoms with Gasteiger partial charge in [0, 0.05) is 32.2 Å². The van der Waals surface area contributed by atoms with E-state index >= 15 is 0 Å². The molecule has 2 aliphatic rings. The van der Waals surface area contributed by atoms with Crippen molar-refractivity contribution in [2.75, 3.05) is 33.3 Å². The monoisotopic (exact) mass is 303 g/mol. The molecule has 0 atom stereocenters. The van der Waals surface area contributed by atoms with Gasteiger partial charge in [0.15, 0.2) is 0 Å². The Morgan fingerprint density at radius 3 is 2.59 bits per heavy atom. The quantitative estimate of drug-likeness (QED) is 0.916. The smallest absolute Gasteiger partial charge is 0.317 e. The summed E-state index contributed by atoms with van der Waals surface area (Å²) in [7, 11) is 1.57. The molecular weight excluding hydrogens is 282 g/mol. The first-order valence-electron chi connectivity index (χ1n) is 7.67. The summed E-state index contributed by atoms with van der Waals surface area (Å²) in [6.45, 7) is 2.83. The Labute approximate surface area is 130 Å². The summed E-state index contributed by atoms with van der Waals surface area (Å²) in [4.78, 5) is 28.1. The lowest BCUT2D eigenvalue weighted by atomic mass is 10.0. The normalized spacial score (nSPS) is 19.2. The minimum absolute atomic E-state index is 0.00164. The molecule has 3 rings (SSSR count). The van der Waals surface area contributed by atoms with E-state index in [9.17, 15) is 9.59 Å². The maximum Gasteiger partial charge on any atom is 0.317 e. The molecule has 3 amide bonds. The number of likely N-dealkylation sites (tertiary alicyclic amines) is 1. The van der Waals surface area contributed by atoms with E-state index < -0.39 is 0 Å². The van der Waals surface area contributed by atoms with Gasteiger partial charge in [-0.05, 0) is 25.0 Å². The number of carbonyl (C=O) groups is 2. The number of amides is 3. The van der Waals surface area contributed by atoms with E-state index in [1.54, 1.807) is 19.2 Å². The second-order valence-corrected chi connectivity index (χ2v) is 5.65. The van der Waals surface area contributed by atoms with Gasteiger partial charge in [0.25, 0.3) is 5.91 Å². The molecule has 0 aliphatic carbocycles. The van der Waals surface area contributed by atoms with E-state index in [4.69, 9.17) is 4.74 Å². The molecule has 2 fully saturated rings. The largest absolute Gasteiger partial charge is 0.496 e. The molecule has 0 aromatic heterocycles. The van der Waals surface area contributed by atoms with Gasteiger partial charge in [-0.3, -0.25) is 4.79 Å². The van der Waals surface area contributed by atoms with Gasteiger partial charge in [0.1, 0.15) is 5.75 Å². The number of piperidine rings is 1. The molecule has 1 N–H and O–H groups in total. The van der Waals surface area contributed by atoms with Crippen LogP contribution in [0.1, 0.15) is 23.2 Å². The lowest BCUT2D eigenvalue weighted by molar-refractivity contribution is 0.0663. The van der Waals surface area contributed by atoms with Crippen LogP contribution in [0.2, 0.25) is 0 Å². The van der Waals surface area contributed by atoms with Crippen LogP contribution in [-0.2, 0) is 0 Å². The zero-order valence-corrected chi connectivity index (χ0v) is 12.7. The Kier molecular flexibility index (Phi) is 4.18. The third-order valence-electron chi connectivity index (χ3n) is 4.42. The van der Waals surface area contributed by atoms with Gasteiger partial charge < -0.3 is 19.9 Å². The van der Waals surface area contributed by atoms with E-state index in [2.05, 4.69) is 5.32 Å². The maximum atomic E-state index is 12.6. The molecule has 6 heteroatoms. The molecule has 0 saturated carbocycles. The standard InChI is InChI=1S/C16H21N3O3/c1-22-14-5-3-2-4-13(14)15(20)18-9-6-12(7-10-18)19-11-8-17-16(19)21/h2-5,12H,6-11H2,1H3,(H,17,21). The molecule has 0 unspecified atom stereocenters. The minimum Gasteiger partial charge on any atom is -0.496 e. The summed E-state index contributed by atoms with van der Waals surface area (Å²) in [6, 6.07) is 7.55. The Balaban J connectivity index is 1.63. The van der Waals surface area contributed by atoms with E-state index in [-0.39, 0.29) is 18.0 Å². The summed E-state index contributed by atoms with van der Waals surface area (Å²) < 4.78 is 5.27. The van der Waals surface area contributed by atoms with Crippen LogP contribution in [-0.4, -0.2) is 61.1 Å². The van der Waals surface area contributed by atoms with Crippen molar-refractivity contribution in [3.63, 3.8) is 0 Å². The molecule has 1 aromatic carbocycles. The van der Waals surface area contributed by atoms with E-state index in [1.165, 1.54) is 0 Å². The molecule has 0 spiro atoms. The summed E-state index contributed by atoms with van der Waals surface area (Å²) in [5.74, 6) is 0.607. The number of urea groups is 1. The van der Waals surface area contributed by atoms with Crippen LogP contribution in [0, 0.1) is 0 Å². The molecule has 2 saturated heterocycles. The third kappa shape index (κ3) is 2.73. The molecular formula is C16H21N3O3. The summed E-state index contributed by atoms with van der Waals surface area (Å²) in [5.41, 5.74) is 0.599. The fourth-order valence-electron chi connectivity index (χ4n) is 3.21. The van der Waals surface area contributed by atoms with Gasteiger partial charge in [0.05, 0.1) is 12.7 Å². The number of para-hydroxylation sites is 1. The number of methoxy groups -OCH3 is 1. The second-order valence-electron chi connectivity index (χ2n) is 5.65. The third-order valence-corrected chi connectivity index (χ3v) is 4.42. The predicted octanol–water partition coefficient (Wildman–Crippen LogP) is 1.32. The number of benzene rings is 1. The average Bonchev–Trinajstić information content (AvgIpc) is 3.00. The number of rotatable bonds is 3. The molecule has 1 aromatic rings. The number of nitrogens with zero attached hydrogens (tertiary/aromatic N) is 2. The zero-order valence-electron chi connectivity index (χ0n) is 12.7. The Morgan fingerprint density at radius 1 is 1.23 bits per heavy atom. The number of hydrogen-bond donors (Lipinski definition) is 1. The second kappa shape index (κ2) is 6.25. The number of nitrogens with one attached hydrogen (secondary N) is 1. The fourth-order valence-corrected chi connectivity index (χ4v) is 3.21. The SMILES string of the molecule is COc1ccccc1C(=O)N1CCC(N2CCNC2=O)CC1. The summed E-state index contributed by atoms with van der Waals surface area (Å²) in [5, 5.41) is 2.83. The van der Waals surface area contributed by atoms with E-state index in [1.807, 2.05) is 21.9 Å². The van der Waals surface area contributed by atoms with Crippen LogP contribution < -0.4 is 10.1 Å². The molecule has 2 aliphatic heterocycles. The van der Waals surface area contributed by atoms with Crippen molar-refractivity contribution in [2.24, 2.45) is 0 Å². The van der Waals surface area contributed by atoms with Crippen molar-refractivity contribution >= 4 is 11.9 Å². The Morgan fingerprint density at radius 2 is 1.95 bits per heavy atom. The molecule has 118 valence electrons. The van der Waals surface area contributed by atoms with Crippen molar-refractivity contribution in [3.05, 3.63) is 29.8 Å². The highest BCUT2D eigenvalue weighted by molar-refractivity contribution is 5.97. The van der Waals surface area contributed by atoms with E-state index in [0.29, 0.717) is 24.4 Å². The van der Waals surface area contributed by atoms with Crippen molar-refractivity contribution in [3.8, 4) is 5.75 Å². The maximum absolute atomic E-state index is 12.6. The summed E-state index contributed by atoms with van der Waals surface area (Å²) >= 11 is 0. The van der Waals surface area contributed by atoms with Crippen molar-refractivity contribution in [1.29, 1.82) is 0 Å². The molecule has 0 bridgehead atoms. The van der Waals surface area contributed by atoms with Gasteiger partial charge in [-0.25, -0.2) is 4.79 Å². The molecule has 6 nitrogen and oxygen atoms in total. The topological polar surface area (TPSA) is 61.9 Å². The Hall–Kier alpha value is -2.24. The van der Waals surface area contributed by atoms with Gasteiger partial charge in [0.2, 0.25) is 0 Å². The number of ether oxygens (including phenoxy) is 1. The highest BCUT2D eigenvalue weighted by Crippen LogP contribution is 2.23. The van der Waals surface area contributed by atoms with Crippen LogP contribution in [0.5, 0.6) is 5.75 Å². The molecule has 22 heavy (non-hydrogen) atoms. The van der Waals surface area contributed by atoms with Crippen LogP contribution in [0.3, 0.4) is 0 Å². The number of carbonyl (C=O) groups excluding carboxylic acids is 2. The van der Waals surface area contributed by atoms with Crippen molar-refractivity contribution in [2.45, 2.75) is 18.9 Å². The van der Waals surface area contributed by atoms with Crippen molar-refractivity contribution < 1.29 is 14.3 Å². The first kappa shape index (κ1) is 14.7. The number of hydrogen-bond acceptors (Lipinski definition) is 3. The predicted molar refractivity (Wildman–Crippen MR) is 82.0 cm³/mol. The average molecular weight is 303 g/mol. The minimum atomic E-state index is 0.00164. The molecule has 2 heterocycles. The highest BCUT2D eigenvalue weighted by atomic mass is 16.5. The van der Waals surface area contributed by atoms with E-state index in [0.717, 1.165) is 25.9 Å². The fraction of sp³-hybridized carbons (Fsp3) is 0.500. The highest BCUT2D eigenvalue weighted by Gasteiger charge is 2.32. The first-order valence-corrected chi connectivity index (χ1v) is 7.67. The van der Waals surface area contributed by atoms with Crippen molar-refractivity contribution in [1.82, 2.24) is 15.1 Å². The van der Waals surface area contributed by atoms with Gasteiger partial charge in [-0.1, -0.05) is 12.1 Å². The summed E-state index contributed by atoms with van der Waals surface area (Å²) in [6.07, 6.45) is 1.66. The Bertz CT molecular complexity index is 568. The molecule has 0 radical (unpaired) electrons. The van der Waals surface area contributed by atoms with Gasteiger partial charge in [-0.15, -0.1) is 0 Å². The van der Waals surface area contributed by atoms with Crippen LogP contribution in [0.15, 0.2) is 24.3 Å². The lowest BCUT2D eigenvalue weighted by Gasteiger charge is -2.36. The van der Waals surface area contributed by atoms with Crippen LogP contribution >= 0.6 is 0 Å². The van der Waals surface area contributed by atoms with Crippen LogP contribution in [0.25, 0.3) is 0 Å². The first-order chi connectivity index (χ1) is 10.7. The van der Waals surface area contributed by atoms with Gasteiger partial charge >= 0.3 is 6.03 Å².